The van der Waals surface area contributed by atoms with Gasteiger partial charge in [-0.15, -0.1) is 0 Å². The van der Waals surface area contributed by atoms with Crippen molar-refractivity contribution in [3.05, 3.63) is 36.5 Å². The maximum absolute atomic E-state index is 12.7. The highest BCUT2D eigenvalue weighted by Crippen LogP contribution is 2.26. The van der Waals surface area contributed by atoms with E-state index >= 15 is 0 Å². The zero-order valence-electron chi connectivity index (χ0n) is 15.7. The number of nitrogens with zero attached hydrogens (tertiary/aromatic N) is 3. The SMILES string of the molecule is COC[C@H](C)Nc1nccc(N(C(=O)NCCO)c2ccc(OC)cc2)n1. The highest BCUT2D eigenvalue weighted by atomic mass is 16.5. The van der Waals surface area contributed by atoms with Gasteiger partial charge >= 0.3 is 6.03 Å². The maximum atomic E-state index is 12.7. The van der Waals surface area contributed by atoms with Crippen molar-refractivity contribution in [1.82, 2.24) is 15.3 Å². The molecule has 0 aliphatic rings. The third-order valence-corrected chi connectivity index (χ3v) is 3.58. The Kier molecular flexibility index (Phi) is 7.78. The van der Waals surface area contributed by atoms with Crippen molar-refractivity contribution in [3.8, 4) is 5.75 Å². The number of nitrogens with one attached hydrogen (secondary N) is 2. The van der Waals surface area contributed by atoms with Gasteiger partial charge in [-0.25, -0.2) is 14.7 Å². The number of carbonyl (C=O) groups is 1. The van der Waals surface area contributed by atoms with E-state index in [-0.39, 0.29) is 19.2 Å². The number of hydrogen-bond donors (Lipinski definition) is 3. The number of urea groups is 1. The van der Waals surface area contributed by atoms with Crippen LogP contribution in [0, 0.1) is 0 Å². The second-order valence-corrected chi connectivity index (χ2v) is 5.73. The maximum Gasteiger partial charge on any atom is 0.327 e. The quantitative estimate of drug-likeness (QED) is 0.613. The largest absolute Gasteiger partial charge is 0.497 e. The van der Waals surface area contributed by atoms with Crippen LogP contribution in [0.4, 0.5) is 22.2 Å². The zero-order valence-corrected chi connectivity index (χ0v) is 15.7. The molecular weight excluding hydrogens is 350 g/mol. The normalized spacial score (nSPS) is 11.6. The molecule has 2 rings (SSSR count). The topological polar surface area (TPSA) is 109 Å². The van der Waals surface area contributed by atoms with Gasteiger partial charge in [0.05, 0.1) is 26.0 Å². The van der Waals surface area contributed by atoms with Crippen LogP contribution in [0.2, 0.25) is 0 Å². The Bertz CT molecular complexity index is 726. The summed E-state index contributed by atoms with van der Waals surface area (Å²) in [5.74, 6) is 1.44. The predicted octanol–water partition coefficient (Wildman–Crippen LogP) is 1.77. The van der Waals surface area contributed by atoms with E-state index < -0.39 is 6.03 Å². The average Bonchev–Trinajstić information content (AvgIpc) is 2.67. The minimum atomic E-state index is -0.413. The van der Waals surface area contributed by atoms with Gasteiger partial charge in [-0.1, -0.05) is 0 Å². The number of amides is 2. The van der Waals surface area contributed by atoms with E-state index in [4.69, 9.17) is 14.6 Å². The summed E-state index contributed by atoms with van der Waals surface area (Å²) in [5.41, 5.74) is 0.598. The van der Waals surface area contributed by atoms with E-state index in [0.29, 0.717) is 29.8 Å². The van der Waals surface area contributed by atoms with Crippen LogP contribution in [0.1, 0.15) is 6.92 Å². The van der Waals surface area contributed by atoms with Crippen molar-refractivity contribution in [2.75, 3.05) is 44.2 Å². The zero-order chi connectivity index (χ0) is 19.6. The highest BCUT2D eigenvalue weighted by Gasteiger charge is 2.20. The van der Waals surface area contributed by atoms with Gasteiger partial charge in [-0.05, 0) is 31.2 Å². The summed E-state index contributed by atoms with van der Waals surface area (Å²) in [6, 6.07) is 8.23. The Morgan fingerprint density at radius 2 is 2.00 bits per heavy atom. The Hall–Kier alpha value is -2.91. The lowest BCUT2D eigenvalue weighted by Crippen LogP contribution is -2.38. The van der Waals surface area contributed by atoms with Crippen LogP contribution in [0.15, 0.2) is 36.5 Å². The smallest absolute Gasteiger partial charge is 0.327 e. The Morgan fingerprint density at radius 3 is 2.63 bits per heavy atom. The molecule has 1 atom stereocenters. The van der Waals surface area contributed by atoms with Gasteiger partial charge in [0.25, 0.3) is 0 Å². The Labute approximate surface area is 158 Å². The van der Waals surface area contributed by atoms with Gasteiger partial charge in [0.1, 0.15) is 11.6 Å². The van der Waals surface area contributed by atoms with Crippen LogP contribution in [0.5, 0.6) is 5.75 Å². The molecule has 9 nitrogen and oxygen atoms in total. The molecule has 1 aromatic carbocycles. The van der Waals surface area contributed by atoms with Gasteiger partial charge in [0, 0.05) is 32.0 Å². The summed E-state index contributed by atoms with van der Waals surface area (Å²) >= 11 is 0. The van der Waals surface area contributed by atoms with Gasteiger partial charge < -0.3 is 25.2 Å². The van der Waals surface area contributed by atoms with E-state index in [2.05, 4.69) is 20.6 Å². The summed E-state index contributed by atoms with van der Waals surface area (Å²) in [7, 11) is 3.19. The molecule has 3 N–H and O–H groups in total. The fraction of sp³-hybridized carbons (Fsp3) is 0.389. The average molecular weight is 375 g/mol. The molecule has 0 aliphatic heterocycles. The summed E-state index contributed by atoms with van der Waals surface area (Å²) in [6.45, 7) is 2.40. The number of aromatic nitrogens is 2. The number of aliphatic hydroxyl groups excluding tert-OH is 1. The van der Waals surface area contributed by atoms with Gasteiger partial charge in [0.2, 0.25) is 5.95 Å². The van der Waals surface area contributed by atoms with Crippen LogP contribution in [0.25, 0.3) is 0 Å². The first kappa shape index (κ1) is 20.4. The number of anilines is 3. The van der Waals surface area contributed by atoms with Gasteiger partial charge in [-0.3, -0.25) is 0 Å². The molecule has 0 bridgehead atoms. The minimum Gasteiger partial charge on any atom is -0.497 e. The summed E-state index contributed by atoms with van der Waals surface area (Å²) in [4.78, 5) is 22.7. The minimum absolute atomic E-state index is 0.00269. The van der Waals surface area contributed by atoms with E-state index in [1.165, 1.54) is 4.90 Å². The van der Waals surface area contributed by atoms with Crippen molar-refractivity contribution < 1.29 is 19.4 Å². The molecule has 1 aromatic heterocycles. The first-order valence-electron chi connectivity index (χ1n) is 8.50. The van der Waals surface area contributed by atoms with Crippen molar-refractivity contribution in [3.63, 3.8) is 0 Å². The third-order valence-electron chi connectivity index (χ3n) is 3.58. The second-order valence-electron chi connectivity index (χ2n) is 5.73. The first-order valence-corrected chi connectivity index (χ1v) is 8.50. The number of rotatable bonds is 9. The summed E-state index contributed by atoms with van der Waals surface area (Å²) < 4.78 is 10.3. The van der Waals surface area contributed by atoms with Gasteiger partial charge in [-0.2, -0.15) is 4.98 Å². The molecule has 0 aliphatic carbocycles. The van der Waals surface area contributed by atoms with Crippen molar-refractivity contribution in [1.29, 1.82) is 0 Å². The number of aliphatic hydroxyl groups is 1. The van der Waals surface area contributed by atoms with Crippen molar-refractivity contribution in [2.45, 2.75) is 13.0 Å². The lowest BCUT2D eigenvalue weighted by molar-refractivity contribution is 0.190. The van der Waals surface area contributed by atoms with Crippen molar-refractivity contribution in [2.24, 2.45) is 0 Å². The molecule has 0 spiro atoms. The third kappa shape index (κ3) is 5.80. The summed E-state index contributed by atoms with van der Waals surface area (Å²) in [6.07, 6.45) is 1.57. The number of methoxy groups -OCH3 is 2. The molecule has 0 unspecified atom stereocenters. The monoisotopic (exact) mass is 375 g/mol. The second kappa shape index (κ2) is 10.3. The molecule has 2 amide bonds. The molecule has 2 aromatic rings. The lowest BCUT2D eigenvalue weighted by atomic mass is 10.2. The molecule has 9 heteroatoms. The molecule has 27 heavy (non-hydrogen) atoms. The lowest BCUT2D eigenvalue weighted by Gasteiger charge is -2.23. The van der Waals surface area contributed by atoms with Crippen LogP contribution < -0.4 is 20.3 Å². The van der Waals surface area contributed by atoms with Crippen LogP contribution in [-0.2, 0) is 4.74 Å². The molecule has 0 radical (unpaired) electrons. The molecule has 146 valence electrons. The number of carbonyl (C=O) groups excluding carboxylic acids is 1. The van der Waals surface area contributed by atoms with Crippen molar-refractivity contribution >= 4 is 23.5 Å². The Morgan fingerprint density at radius 1 is 1.26 bits per heavy atom. The molecule has 1 heterocycles. The predicted molar refractivity (Wildman–Crippen MR) is 103 cm³/mol. The highest BCUT2D eigenvalue weighted by molar-refractivity contribution is 5.98. The van der Waals surface area contributed by atoms with E-state index in [1.54, 1.807) is 50.7 Å². The molecule has 0 saturated carbocycles. The van der Waals surface area contributed by atoms with Crippen LogP contribution in [0.3, 0.4) is 0 Å². The fourth-order valence-corrected chi connectivity index (χ4v) is 2.38. The number of benzene rings is 1. The van der Waals surface area contributed by atoms with E-state index in [1.807, 2.05) is 6.92 Å². The van der Waals surface area contributed by atoms with E-state index in [9.17, 15) is 4.79 Å². The first-order chi connectivity index (χ1) is 13.1. The molecule has 0 fully saturated rings. The number of ether oxygens (including phenoxy) is 2. The van der Waals surface area contributed by atoms with E-state index in [0.717, 1.165) is 0 Å². The van der Waals surface area contributed by atoms with Crippen LogP contribution >= 0.6 is 0 Å². The number of hydrogen-bond acceptors (Lipinski definition) is 7. The van der Waals surface area contributed by atoms with Gasteiger partial charge in [0.15, 0.2) is 0 Å². The van der Waals surface area contributed by atoms with Crippen LogP contribution in [-0.4, -0.2) is 61.1 Å². The Balaban J connectivity index is 2.33. The summed E-state index contributed by atoms with van der Waals surface area (Å²) in [5, 5.41) is 14.8. The standard InChI is InChI=1S/C18H25N5O4/c1-13(12-26-2)21-17-19-9-8-16(22-17)23(18(25)20-10-11-24)14-4-6-15(27-3)7-5-14/h4-9,13,24H,10-12H2,1-3H3,(H,20,25)(H,19,21,22)/t13-/m0/s1. The molecule has 0 saturated heterocycles. The fourth-order valence-electron chi connectivity index (χ4n) is 2.38. The molecular formula is C18H25N5O4.